The lowest BCUT2D eigenvalue weighted by atomic mass is 9.95. The van der Waals surface area contributed by atoms with E-state index in [1.165, 1.54) is 0 Å². The maximum absolute atomic E-state index is 12.3. The number of amides is 2. The van der Waals surface area contributed by atoms with Crippen LogP contribution in [0.4, 0.5) is 10.5 Å². The average Bonchev–Trinajstić information content (AvgIpc) is 2.42. The maximum Gasteiger partial charge on any atom is 0.321 e. The summed E-state index contributed by atoms with van der Waals surface area (Å²) in [5, 5.41) is 12.2. The van der Waals surface area contributed by atoms with Crippen molar-refractivity contribution >= 4 is 29.3 Å². The van der Waals surface area contributed by atoms with Crippen molar-refractivity contribution in [2.24, 2.45) is 5.92 Å². The number of aliphatic carboxylic acids is 1. The topological polar surface area (TPSA) is 69.6 Å². The summed E-state index contributed by atoms with van der Waals surface area (Å²) in [6, 6.07) is 5.22. The van der Waals surface area contributed by atoms with E-state index in [0.717, 1.165) is 18.4 Å². The van der Waals surface area contributed by atoms with Crippen LogP contribution in [0.25, 0.3) is 0 Å². The van der Waals surface area contributed by atoms with Crippen molar-refractivity contribution in [3.8, 4) is 0 Å². The van der Waals surface area contributed by atoms with E-state index in [-0.39, 0.29) is 18.4 Å². The lowest BCUT2D eigenvalue weighted by molar-refractivity contribution is -0.138. The number of carboxylic acid groups (broad SMARTS) is 1. The Balaban J connectivity index is 2.01. The fraction of sp³-hybridized carbons (Fsp3) is 0.467. The summed E-state index contributed by atoms with van der Waals surface area (Å²) in [6.07, 6.45) is 1.78. The monoisotopic (exact) mass is 310 g/mol. The summed E-state index contributed by atoms with van der Waals surface area (Å²) in [5.41, 5.74) is 1.51. The van der Waals surface area contributed by atoms with E-state index < -0.39 is 5.97 Å². The SMILES string of the molecule is Cc1cccc(Cl)c1NC(=O)N1CCCC(CC(=O)O)C1. The summed E-state index contributed by atoms with van der Waals surface area (Å²) in [5.74, 6) is -0.793. The third-order valence-electron chi connectivity index (χ3n) is 3.72. The molecule has 1 saturated heterocycles. The van der Waals surface area contributed by atoms with Gasteiger partial charge in [0.15, 0.2) is 0 Å². The Kier molecular flexibility index (Phi) is 5.07. The molecule has 114 valence electrons. The molecule has 1 heterocycles. The molecular weight excluding hydrogens is 292 g/mol. The smallest absolute Gasteiger partial charge is 0.321 e. The van der Waals surface area contributed by atoms with Gasteiger partial charge in [-0.25, -0.2) is 4.79 Å². The van der Waals surface area contributed by atoms with Gasteiger partial charge in [-0.2, -0.15) is 0 Å². The maximum atomic E-state index is 12.3. The highest BCUT2D eigenvalue weighted by atomic mass is 35.5. The fourth-order valence-electron chi connectivity index (χ4n) is 2.64. The van der Waals surface area contributed by atoms with Gasteiger partial charge >= 0.3 is 12.0 Å². The average molecular weight is 311 g/mol. The van der Waals surface area contributed by atoms with Gasteiger partial charge in [0.05, 0.1) is 10.7 Å². The number of nitrogens with zero attached hydrogens (tertiary/aromatic N) is 1. The Morgan fingerprint density at radius 3 is 2.90 bits per heavy atom. The van der Waals surface area contributed by atoms with Crippen LogP contribution in [0.1, 0.15) is 24.8 Å². The van der Waals surface area contributed by atoms with Crippen molar-refractivity contribution < 1.29 is 14.7 Å². The molecule has 1 aliphatic rings. The first-order valence-corrected chi connectivity index (χ1v) is 7.38. The first-order chi connectivity index (χ1) is 9.97. The van der Waals surface area contributed by atoms with Crippen LogP contribution in [0, 0.1) is 12.8 Å². The minimum Gasteiger partial charge on any atom is -0.481 e. The van der Waals surface area contributed by atoms with Crippen LogP contribution in [0.5, 0.6) is 0 Å². The number of carboxylic acids is 1. The van der Waals surface area contributed by atoms with E-state index in [1.54, 1.807) is 11.0 Å². The molecule has 0 aromatic heterocycles. The van der Waals surface area contributed by atoms with Crippen LogP contribution in [0.3, 0.4) is 0 Å². The van der Waals surface area contributed by atoms with Crippen LogP contribution < -0.4 is 5.32 Å². The fourth-order valence-corrected chi connectivity index (χ4v) is 2.91. The third-order valence-corrected chi connectivity index (χ3v) is 4.04. The van der Waals surface area contributed by atoms with Crippen molar-refractivity contribution in [1.29, 1.82) is 0 Å². The Labute approximate surface area is 128 Å². The summed E-state index contributed by atoms with van der Waals surface area (Å²) >= 11 is 6.10. The van der Waals surface area contributed by atoms with Crippen LogP contribution in [0.2, 0.25) is 5.02 Å². The zero-order valence-electron chi connectivity index (χ0n) is 11.9. The predicted molar refractivity (Wildman–Crippen MR) is 81.8 cm³/mol. The minimum atomic E-state index is -0.816. The number of benzene rings is 1. The number of halogens is 1. The van der Waals surface area contributed by atoms with E-state index in [1.807, 2.05) is 19.1 Å². The van der Waals surface area contributed by atoms with E-state index in [0.29, 0.717) is 23.8 Å². The van der Waals surface area contributed by atoms with Crippen LogP contribution in [0.15, 0.2) is 18.2 Å². The molecule has 0 radical (unpaired) electrons. The van der Waals surface area contributed by atoms with Gasteiger partial charge in [0, 0.05) is 19.5 Å². The molecule has 1 aromatic rings. The standard InChI is InChI=1S/C15H19ClN2O3/c1-10-4-2-6-12(16)14(10)17-15(21)18-7-3-5-11(9-18)8-13(19)20/h2,4,6,11H,3,5,7-9H2,1H3,(H,17,21)(H,19,20). The summed E-state index contributed by atoms with van der Waals surface area (Å²) < 4.78 is 0. The number of rotatable bonds is 3. The number of anilines is 1. The highest BCUT2D eigenvalue weighted by Crippen LogP contribution is 2.26. The number of likely N-dealkylation sites (tertiary alicyclic amines) is 1. The molecule has 2 rings (SSSR count). The van der Waals surface area contributed by atoms with Gasteiger partial charge in [-0.3, -0.25) is 4.79 Å². The van der Waals surface area contributed by atoms with Gasteiger partial charge in [-0.1, -0.05) is 23.7 Å². The number of hydrogen-bond acceptors (Lipinski definition) is 2. The Morgan fingerprint density at radius 1 is 1.48 bits per heavy atom. The van der Waals surface area contributed by atoms with E-state index in [9.17, 15) is 9.59 Å². The number of aryl methyl sites for hydroxylation is 1. The number of nitrogens with one attached hydrogen (secondary N) is 1. The van der Waals surface area contributed by atoms with E-state index in [4.69, 9.17) is 16.7 Å². The molecule has 1 atom stereocenters. The van der Waals surface area contributed by atoms with Crippen molar-refractivity contribution in [3.63, 3.8) is 0 Å². The largest absolute Gasteiger partial charge is 0.481 e. The normalized spacial score (nSPS) is 18.4. The van der Waals surface area contributed by atoms with Crippen LogP contribution >= 0.6 is 11.6 Å². The van der Waals surface area contributed by atoms with Gasteiger partial charge in [-0.15, -0.1) is 0 Å². The second-order valence-corrected chi connectivity index (χ2v) is 5.82. The highest BCUT2D eigenvalue weighted by molar-refractivity contribution is 6.33. The number of hydrogen-bond donors (Lipinski definition) is 2. The molecule has 2 N–H and O–H groups in total. The molecule has 1 aromatic carbocycles. The Hall–Kier alpha value is -1.75. The molecule has 5 nitrogen and oxygen atoms in total. The zero-order chi connectivity index (χ0) is 15.4. The van der Waals surface area contributed by atoms with Gasteiger partial charge in [0.1, 0.15) is 0 Å². The number of urea groups is 1. The Morgan fingerprint density at radius 2 is 2.24 bits per heavy atom. The minimum absolute atomic E-state index is 0.0225. The molecule has 0 saturated carbocycles. The lowest BCUT2D eigenvalue weighted by Crippen LogP contribution is -2.42. The van der Waals surface area contributed by atoms with Crippen molar-refractivity contribution in [2.45, 2.75) is 26.2 Å². The van der Waals surface area contributed by atoms with Crippen LogP contribution in [-0.2, 0) is 4.79 Å². The van der Waals surface area contributed by atoms with Crippen LogP contribution in [-0.4, -0.2) is 35.1 Å². The zero-order valence-corrected chi connectivity index (χ0v) is 12.7. The molecular formula is C15H19ClN2O3. The first-order valence-electron chi connectivity index (χ1n) is 7.00. The molecule has 0 spiro atoms. The quantitative estimate of drug-likeness (QED) is 0.899. The second kappa shape index (κ2) is 6.80. The number of carbonyl (C=O) groups excluding carboxylic acids is 1. The molecule has 6 heteroatoms. The third kappa shape index (κ3) is 4.11. The van der Waals surface area contributed by atoms with Crippen molar-refractivity contribution in [3.05, 3.63) is 28.8 Å². The van der Waals surface area contributed by atoms with E-state index >= 15 is 0 Å². The van der Waals surface area contributed by atoms with Gasteiger partial charge in [0.2, 0.25) is 0 Å². The predicted octanol–water partition coefficient (Wildman–Crippen LogP) is 3.37. The molecule has 1 fully saturated rings. The van der Waals surface area contributed by atoms with Crippen molar-refractivity contribution in [1.82, 2.24) is 4.90 Å². The van der Waals surface area contributed by atoms with Gasteiger partial charge < -0.3 is 15.3 Å². The number of carbonyl (C=O) groups is 2. The molecule has 1 unspecified atom stereocenters. The lowest BCUT2D eigenvalue weighted by Gasteiger charge is -2.32. The van der Waals surface area contributed by atoms with Gasteiger partial charge in [-0.05, 0) is 37.3 Å². The summed E-state index contributed by atoms with van der Waals surface area (Å²) in [6.45, 7) is 3.00. The first kappa shape index (κ1) is 15.6. The summed E-state index contributed by atoms with van der Waals surface area (Å²) in [7, 11) is 0. The second-order valence-electron chi connectivity index (χ2n) is 5.41. The molecule has 2 amide bonds. The number of piperidine rings is 1. The molecule has 21 heavy (non-hydrogen) atoms. The molecule has 1 aliphatic heterocycles. The molecule has 0 bridgehead atoms. The Bertz CT molecular complexity index is 527. The molecule has 0 aliphatic carbocycles. The van der Waals surface area contributed by atoms with Crippen molar-refractivity contribution in [2.75, 3.05) is 18.4 Å². The number of para-hydroxylation sites is 1. The summed E-state index contributed by atoms with van der Waals surface area (Å²) in [4.78, 5) is 24.8. The van der Waals surface area contributed by atoms with E-state index in [2.05, 4.69) is 5.32 Å². The highest BCUT2D eigenvalue weighted by Gasteiger charge is 2.25. The van der Waals surface area contributed by atoms with Gasteiger partial charge in [0.25, 0.3) is 0 Å².